The van der Waals surface area contributed by atoms with Crippen molar-refractivity contribution in [3.05, 3.63) is 157 Å². The third-order valence-corrected chi connectivity index (χ3v) is 21.5. The molecule has 7 aromatic heterocycles. The minimum absolute atomic E-state index is 0.0285. The van der Waals surface area contributed by atoms with Crippen LogP contribution in [0.5, 0.6) is 0 Å². The number of H-pyrrole nitrogens is 5. The number of unbranched alkanes of at least 4 members (excludes halogenated alkanes) is 1. The van der Waals surface area contributed by atoms with Gasteiger partial charge in [0, 0.05) is 89.0 Å². The predicted octanol–water partition coefficient (Wildman–Crippen LogP) is 14.7. The van der Waals surface area contributed by atoms with Crippen molar-refractivity contribution in [2.75, 3.05) is 27.9 Å². The molecule has 11 rings (SSSR count). The van der Waals surface area contributed by atoms with E-state index in [9.17, 15) is 28.8 Å². The van der Waals surface area contributed by atoms with E-state index in [1.165, 1.54) is 38.8 Å². The molecular formula is C83H99N13O9. The molecule has 4 aliphatic rings. The maximum absolute atomic E-state index is 14.6. The number of aromatic nitrogens is 10. The number of hydrogen-bond acceptors (Lipinski definition) is 14. The van der Waals surface area contributed by atoms with E-state index in [1.807, 2.05) is 32.9 Å². The third kappa shape index (κ3) is 16.3. The molecule has 0 unspecified atom stereocenters. The maximum atomic E-state index is 14.6. The van der Waals surface area contributed by atoms with E-state index in [1.54, 1.807) is 6.20 Å². The summed E-state index contributed by atoms with van der Waals surface area (Å²) < 4.78 is 15.3. The quantitative estimate of drug-likeness (QED) is 0.0135. The molecule has 0 radical (unpaired) electrons. The number of carbonyl (C=O) groups is 6. The lowest BCUT2D eigenvalue weighted by atomic mass is 9.99. The highest BCUT2D eigenvalue weighted by molar-refractivity contribution is 5.99. The second-order valence-corrected chi connectivity index (χ2v) is 27.7. The molecule has 2 atom stereocenters. The summed E-state index contributed by atoms with van der Waals surface area (Å²) in [4.78, 5) is 125. The number of nitrogens with zero attached hydrogens (tertiary/aromatic N) is 5. The largest absolute Gasteiger partial charge is 0.469 e. The Balaban J connectivity index is 0.847. The van der Waals surface area contributed by atoms with Gasteiger partial charge in [-0.1, -0.05) is 27.7 Å². The van der Waals surface area contributed by atoms with Crippen LogP contribution in [-0.4, -0.2) is 125 Å². The van der Waals surface area contributed by atoms with Crippen LogP contribution in [0.4, 0.5) is 0 Å². The zero-order chi connectivity index (χ0) is 75.1. The number of aryl methyl sites for hydroxylation is 8. The van der Waals surface area contributed by atoms with Crippen molar-refractivity contribution in [1.29, 1.82) is 0 Å². The van der Waals surface area contributed by atoms with Gasteiger partial charge in [0.1, 0.15) is 12.1 Å². The predicted molar refractivity (Wildman–Crippen MR) is 414 cm³/mol. The summed E-state index contributed by atoms with van der Waals surface area (Å²) in [5, 5.41) is 9.00. The first-order chi connectivity index (χ1) is 50.5. The zero-order valence-corrected chi connectivity index (χ0v) is 63.4. The van der Waals surface area contributed by atoms with Crippen molar-refractivity contribution in [2.24, 2.45) is 0 Å². The normalized spacial score (nSPS) is 13.6. The van der Waals surface area contributed by atoms with Crippen LogP contribution in [0.15, 0.2) is 61.1 Å². The van der Waals surface area contributed by atoms with Gasteiger partial charge in [0.05, 0.1) is 78.9 Å². The van der Waals surface area contributed by atoms with Crippen LogP contribution in [0.1, 0.15) is 222 Å². The molecule has 0 spiro atoms. The molecule has 7 aromatic rings. The average Bonchev–Trinajstić information content (AvgIpc) is 1.62. The van der Waals surface area contributed by atoms with Gasteiger partial charge in [-0.15, -0.1) is 0 Å². The molecule has 11 heterocycles. The number of allylic oxidation sites excluding steroid dienone is 8. The Hall–Kier alpha value is -10.8. The van der Waals surface area contributed by atoms with Crippen molar-refractivity contribution in [3.8, 4) is 0 Å². The smallest absolute Gasteiger partial charge is 0.328 e. The number of ether oxygens (including phenoxy) is 3. The number of nitrogens with one attached hydrogen (secondary N) is 8. The molecule has 105 heavy (non-hydrogen) atoms. The summed E-state index contributed by atoms with van der Waals surface area (Å²) in [5.41, 5.74) is 30.6. The van der Waals surface area contributed by atoms with E-state index in [0.29, 0.717) is 49.2 Å². The SMILES string of the molecule is CCC1=C(C)c2cc3[nH]c(cc4nc(cc5[nH]c(cc1n2)c(C)c5CCC(=O)OC)C(CCC(=O)NCCCC[C@H](NC(=O)CCC1=C(C)c2cc5[nH]c(cc6nc(cc7[nH]c(cc1n2)c(CCC(=O)OC)c7C)C(CC)=C6C)c(CC)c5C)C(=O)N[C@@H](Cc1c[nH]cn1)C(=O)OC)=C4C)c(C)c3CC. The fraction of sp³-hybridized carbons (Fsp3) is 0.410. The topological polar surface area (TPSA) is 310 Å². The number of methoxy groups -OCH3 is 3. The van der Waals surface area contributed by atoms with Crippen molar-refractivity contribution >= 4 is 124 Å². The Morgan fingerprint density at radius 1 is 0.419 bits per heavy atom. The van der Waals surface area contributed by atoms with E-state index in [0.717, 1.165) is 182 Å². The van der Waals surface area contributed by atoms with E-state index in [4.69, 9.17) is 34.1 Å². The lowest BCUT2D eigenvalue weighted by molar-refractivity contribution is -0.145. The molecule has 0 saturated carbocycles. The Labute approximate surface area is 612 Å². The second-order valence-electron chi connectivity index (χ2n) is 27.7. The van der Waals surface area contributed by atoms with Gasteiger partial charge in [-0.3, -0.25) is 24.0 Å². The third-order valence-electron chi connectivity index (χ3n) is 21.5. The summed E-state index contributed by atoms with van der Waals surface area (Å²) in [6, 6.07) is 14.4. The molecule has 0 saturated heterocycles. The van der Waals surface area contributed by atoms with Crippen LogP contribution in [-0.2, 0) is 75.1 Å². The number of imidazole rings is 1. The number of esters is 3. The first kappa shape index (κ1) is 75.4. The molecule has 8 N–H and O–H groups in total. The van der Waals surface area contributed by atoms with Gasteiger partial charge < -0.3 is 55.1 Å². The second kappa shape index (κ2) is 32.9. The molecule has 0 aromatic carbocycles. The highest BCUT2D eigenvalue weighted by Gasteiger charge is 2.30. The lowest BCUT2D eigenvalue weighted by Crippen LogP contribution is -2.52. The van der Waals surface area contributed by atoms with Crippen LogP contribution in [0.2, 0.25) is 0 Å². The summed E-state index contributed by atoms with van der Waals surface area (Å²) in [5.74, 6) is -2.48. The highest BCUT2D eigenvalue weighted by atomic mass is 16.5. The summed E-state index contributed by atoms with van der Waals surface area (Å²) in [6.45, 7) is 25.5. The molecule has 22 nitrogen and oxygen atoms in total. The van der Waals surface area contributed by atoms with Crippen molar-refractivity contribution in [1.82, 2.24) is 65.8 Å². The summed E-state index contributed by atoms with van der Waals surface area (Å²) in [7, 11) is 4.03. The standard InChI is InChI=1S/C83H99N13O9/c1-16-52-43(5)61-33-63-47(9)56(73(91-63)39-75-58(25-29-80(99)103-13)49(11)67(93-75)37-71-54(18-3)45(7)65(89-71)35-69(52)87-61)23-27-78(97)85-31-21-20-22-60(82(101)96-77(83(102)105-15)32-51-41-84-42-86-51)95-79(98)28-24-57-48(10)64-34-62-44(6)53(17-2)70(88-62)36-66-46(8)55(19-4)72(90-66)38-68-50(12)59(26-30-81(100)104-14)76(94-68)40-74(57)92-64/h33-42,60,77,87-88,93-94H,16-32H2,1-15H3,(H,84,86)(H,85,97)(H,95,98)(H,96,101)/t60-,77-/m0/s1. The molecule has 4 aliphatic heterocycles. The van der Waals surface area contributed by atoms with Gasteiger partial charge in [-0.2, -0.15) is 0 Å². The lowest BCUT2D eigenvalue weighted by Gasteiger charge is -2.22. The number of fused-ring (bicyclic) bond motifs is 16. The van der Waals surface area contributed by atoms with Crippen LogP contribution >= 0.6 is 0 Å². The van der Waals surface area contributed by atoms with Gasteiger partial charge >= 0.3 is 17.9 Å². The van der Waals surface area contributed by atoms with Gasteiger partial charge in [0.2, 0.25) is 17.7 Å². The minimum Gasteiger partial charge on any atom is -0.469 e. The average molecular weight is 1420 g/mol. The van der Waals surface area contributed by atoms with Crippen molar-refractivity contribution in [2.45, 2.75) is 198 Å². The Bertz CT molecular complexity index is 5110. The number of amides is 3. The van der Waals surface area contributed by atoms with Gasteiger partial charge in [0.15, 0.2) is 0 Å². The van der Waals surface area contributed by atoms with Gasteiger partial charge in [-0.05, 0) is 264 Å². The van der Waals surface area contributed by atoms with E-state index < -0.39 is 29.9 Å². The molecule has 550 valence electrons. The molecule has 0 aliphatic carbocycles. The molecule has 3 amide bonds. The van der Waals surface area contributed by atoms with E-state index >= 15 is 0 Å². The van der Waals surface area contributed by atoms with Crippen molar-refractivity contribution in [3.63, 3.8) is 0 Å². The number of aromatic amines is 5. The van der Waals surface area contributed by atoms with Crippen LogP contribution in [0.3, 0.4) is 0 Å². The summed E-state index contributed by atoms with van der Waals surface area (Å²) >= 11 is 0. The number of hydrogen-bond donors (Lipinski definition) is 8. The first-order valence-electron chi connectivity index (χ1n) is 36.8. The molecular weight excluding hydrogens is 1320 g/mol. The van der Waals surface area contributed by atoms with E-state index in [2.05, 4.69) is 145 Å². The molecule has 22 heteroatoms. The Morgan fingerprint density at radius 3 is 1.22 bits per heavy atom. The fourth-order valence-electron chi connectivity index (χ4n) is 15.2. The van der Waals surface area contributed by atoms with Crippen LogP contribution in [0.25, 0.3) is 88.7 Å². The highest BCUT2D eigenvalue weighted by Crippen LogP contribution is 2.40. The Kier molecular flexibility index (Phi) is 23.6. The number of carbonyl (C=O) groups excluding carboxylic acids is 6. The molecule has 0 fully saturated rings. The van der Waals surface area contributed by atoms with Gasteiger partial charge in [-0.25, -0.2) is 29.7 Å². The maximum Gasteiger partial charge on any atom is 0.328 e. The first-order valence-corrected chi connectivity index (χ1v) is 36.8. The van der Waals surface area contributed by atoms with Crippen LogP contribution in [0, 0.1) is 27.7 Å². The zero-order valence-electron chi connectivity index (χ0n) is 63.4. The van der Waals surface area contributed by atoms with Gasteiger partial charge in [0.25, 0.3) is 0 Å². The fourth-order valence-corrected chi connectivity index (χ4v) is 15.2. The summed E-state index contributed by atoms with van der Waals surface area (Å²) in [6.07, 6.45) is 9.28. The van der Waals surface area contributed by atoms with E-state index in [-0.39, 0.29) is 69.3 Å². The van der Waals surface area contributed by atoms with Crippen molar-refractivity contribution < 1.29 is 43.0 Å². The Morgan fingerprint density at radius 2 is 0.810 bits per heavy atom. The molecule has 16 bridgehead atoms. The monoisotopic (exact) mass is 1420 g/mol. The van der Waals surface area contributed by atoms with Crippen LogP contribution < -0.4 is 16.0 Å². The number of rotatable bonds is 27. The minimum atomic E-state index is -1.11.